The normalized spacial score (nSPS) is 15.1. The standard InChI is InChI=1S/C25H26N4O3/c1-18-8-10-21(11-9-18)28-23(30)22(19-6-3-2-4-7-19)32-24(31)20-12-16-29(17-13-20)25-26-14-5-15-27-25/h2-11,14-15,20,22H,12-13,16-17H2,1H3,(H,28,30). The first-order valence-electron chi connectivity index (χ1n) is 10.7. The number of anilines is 2. The predicted octanol–water partition coefficient (Wildman–Crippen LogP) is 3.92. The van der Waals surface area contributed by atoms with Crippen molar-refractivity contribution in [2.45, 2.75) is 25.9 Å². The van der Waals surface area contributed by atoms with Gasteiger partial charge in [0.15, 0.2) is 0 Å². The van der Waals surface area contributed by atoms with Gasteiger partial charge < -0.3 is 15.0 Å². The molecule has 2 aromatic carbocycles. The molecule has 4 rings (SSSR count). The molecule has 7 heteroatoms. The maximum atomic E-state index is 13.0. The summed E-state index contributed by atoms with van der Waals surface area (Å²) in [6.45, 7) is 3.31. The highest BCUT2D eigenvalue weighted by Crippen LogP contribution is 2.26. The molecule has 0 aliphatic carbocycles. The lowest BCUT2D eigenvalue weighted by Gasteiger charge is -2.31. The monoisotopic (exact) mass is 430 g/mol. The van der Waals surface area contributed by atoms with Gasteiger partial charge in [-0.25, -0.2) is 9.97 Å². The number of rotatable bonds is 6. The van der Waals surface area contributed by atoms with Crippen LogP contribution >= 0.6 is 0 Å². The Hall–Kier alpha value is -3.74. The zero-order valence-corrected chi connectivity index (χ0v) is 18.0. The number of aromatic nitrogens is 2. The van der Waals surface area contributed by atoms with E-state index in [0.29, 0.717) is 43.1 Å². The molecule has 0 spiro atoms. The van der Waals surface area contributed by atoms with Crippen molar-refractivity contribution in [2.75, 3.05) is 23.3 Å². The average Bonchev–Trinajstić information content (AvgIpc) is 2.85. The number of ether oxygens (including phenoxy) is 1. The van der Waals surface area contributed by atoms with Crippen LogP contribution in [0, 0.1) is 12.8 Å². The number of carbonyl (C=O) groups is 2. The summed E-state index contributed by atoms with van der Waals surface area (Å²) in [5.74, 6) is -0.331. The van der Waals surface area contributed by atoms with Gasteiger partial charge in [-0.3, -0.25) is 9.59 Å². The van der Waals surface area contributed by atoms with Gasteiger partial charge in [-0.05, 0) is 38.0 Å². The summed E-state index contributed by atoms with van der Waals surface area (Å²) in [5, 5.41) is 2.86. The van der Waals surface area contributed by atoms with E-state index in [0.717, 1.165) is 5.56 Å². The molecule has 3 aromatic rings. The predicted molar refractivity (Wildman–Crippen MR) is 122 cm³/mol. The zero-order valence-electron chi connectivity index (χ0n) is 18.0. The molecular formula is C25H26N4O3. The topological polar surface area (TPSA) is 84.4 Å². The van der Waals surface area contributed by atoms with Gasteiger partial charge in [-0.1, -0.05) is 48.0 Å². The first-order chi connectivity index (χ1) is 15.6. The smallest absolute Gasteiger partial charge is 0.310 e. The highest BCUT2D eigenvalue weighted by atomic mass is 16.5. The Morgan fingerprint density at radius 1 is 0.969 bits per heavy atom. The highest BCUT2D eigenvalue weighted by molar-refractivity contribution is 5.96. The fraction of sp³-hybridized carbons (Fsp3) is 0.280. The quantitative estimate of drug-likeness (QED) is 0.597. The molecule has 2 heterocycles. The third-order valence-corrected chi connectivity index (χ3v) is 5.56. The summed E-state index contributed by atoms with van der Waals surface area (Å²) in [6, 6.07) is 18.4. The van der Waals surface area contributed by atoms with Crippen LogP contribution in [-0.2, 0) is 14.3 Å². The molecule has 0 saturated carbocycles. The molecule has 1 aliphatic heterocycles. The van der Waals surface area contributed by atoms with Crippen molar-refractivity contribution in [3.63, 3.8) is 0 Å². The molecule has 1 saturated heterocycles. The van der Waals surface area contributed by atoms with Gasteiger partial charge in [0.25, 0.3) is 5.91 Å². The lowest BCUT2D eigenvalue weighted by Crippen LogP contribution is -2.38. The second kappa shape index (κ2) is 10.0. The van der Waals surface area contributed by atoms with E-state index in [2.05, 4.69) is 20.2 Å². The second-order valence-corrected chi connectivity index (χ2v) is 7.89. The molecule has 0 bridgehead atoms. The third-order valence-electron chi connectivity index (χ3n) is 5.56. The molecule has 0 radical (unpaired) electrons. The largest absolute Gasteiger partial charge is 0.447 e. The van der Waals surface area contributed by atoms with Crippen LogP contribution in [0.25, 0.3) is 0 Å². The van der Waals surface area contributed by atoms with Crippen molar-refractivity contribution in [2.24, 2.45) is 5.92 Å². The van der Waals surface area contributed by atoms with Crippen molar-refractivity contribution in [1.29, 1.82) is 0 Å². The van der Waals surface area contributed by atoms with Crippen LogP contribution in [0.2, 0.25) is 0 Å². The van der Waals surface area contributed by atoms with E-state index >= 15 is 0 Å². The first kappa shape index (κ1) is 21.5. The van der Waals surface area contributed by atoms with Crippen molar-refractivity contribution in [1.82, 2.24) is 9.97 Å². The minimum atomic E-state index is -1.01. The van der Waals surface area contributed by atoms with Crippen LogP contribution in [0.15, 0.2) is 73.1 Å². The number of amides is 1. The number of hydrogen-bond acceptors (Lipinski definition) is 6. The summed E-state index contributed by atoms with van der Waals surface area (Å²) in [6.07, 6.45) is 3.65. The molecule has 1 N–H and O–H groups in total. The van der Waals surface area contributed by atoms with Gasteiger partial charge in [-0.2, -0.15) is 0 Å². The zero-order chi connectivity index (χ0) is 22.3. The lowest BCUT2D eigenvalue weighted by atomic mass is 9.97. The van der Waals surface area contributed by atoms with Crippen molar-refractivity contribution in [3.05, 3.63) is 84.2 Å². The van der Waals surface area contributed by atoms with Crippen LogP contribution in [0.4, 0.5) is 11.6 Å². The summed E-state index contributed by atoms with van der Waals surface area (Å²) >= 11 is 0. The van der Waals surface area contributed by atoms with E-state index < -0.39 is 6.10 Å². The third kappa shape index (κ3) is 5.29. The number of esters is 1. The number of benzene rings is 2. The van der Waals surface area contributed by atoms with Gasteiger partial charge in [0, 0.05) is 36.7 Å². The maximum absolute atomic E-state index is 13.0. The molecular weight excluding hydrogens is 404 g/mol. The Morgan fingerprint density at radius 3 is 2.28 bits per heavy atom. The number of hydrogen-bond donors (Lipinski definition) is 1. The maximum Gasteiger partial charge on any atom is 0.310 e. The molecule has 32 heavy (non-hydrogen) atoms. The number of nitrogens with zero attached hydrogens (tertiary/aromatic N) is 3. The minimum Gasteiger partial charge on any atom is -0.447 e. The Bertz CT molecular complexity index is 1030. The number of aryl methyl sites for hydroxylation is 1. The molecule has 1 fully saturated rings. The molecule has 1 aromatic heterocycles. The number of carbonyl (C=O) groups excluding carboxylic acids is 2. The van der Waals surface area contributed by atoms with E-state index in [9.17, 15) is 9.59 Å². The molecule has 7 nitrogen and oxygen atoms in total. The summed E-state index contributed by atoms with van der Waals surface area (Å²) in [7, 11) is 0. The van der Waals surface area contributed by atoms with Gasteiger partial charge in [-0.15, -0.1) is 0 Å². The minimum absolute atomic E-state index is 0.270. The fourth-order valence-corrected chi connectivity index (χ4v) is 3.73. The Labute approximate surface area is 187 Å². The van der Waals surface area contributed by atoms with Crippen molar-refractivity contribution in [3.8, 4) is 0 Å². The fourth-order valence-electron chi connectivity index (χ4n) is 3.73. The van der Waals surface area contributed by atoms with Gasteiger partial charge in [0.1, 0.15) is 0 Å². The molecule has 1 aliphatic rings. The Morgan fingerprint density at radius 2 is 1.62 bits per heavy atom. The molecule has 1 atom stereocenters. The van der Waals surface area contributed by atoms with Crippen molar-refractivity contribution >= 4 is 23.5 Å². The second-order valence-electron chi connectivity index (χ2n) is 7.89. The highest BCUT2D eigenvalue weighted by Gasteiger charge is 2.32. The summed E-state index contributed by atoms with van der Waals surface area (Å²) in [4.78, 5) is 36.6. The lowest BCUT2D eigenvalue weighted by molar-refractivity contribution is -0.159. The molecule has 164 valence electrons. The van der Waals surface area contributed by atoms with Crippen LogP contribution in [-0.4, -0.2) is 34.9 Å². The summed E-state index contributed by atoms with van der Waals surface area (Å²) in [5.41, 5.74) is 2.40. The van der Waals surface area contributed by atoms with Gasteiger partial charge in [0.05, 0.1) is 5.92 Å². The average molecular weight is 431 g/mol. The van der Waals surface area contributed by atoms with Crippen molar-refractivity contribution < 1.29 is 14.3 Å². The van der Waals surface area contributed by atoms with Crippen LogP contribution < -0.4 is 10.2 Å². The molecule has 1 amide bonds. The van der Waals surface area contributed by atoms with E-state index in [1.165, 1.54) is 0 Å². The van der Waals surface area contributed by atoms with E-state index in [-0.39, 0.29) is 17.8 Å². The van der Waals surface area contributed by atoms with E-state index in [1.807, 2.05) is 49.4 Å². The van der Waals surface area contributed by atoms with E-state index in [1.54, 1.807) is 30.6 Å². The molecule has 1 unspecified atom stereocenters. The number of nitrogens with one attached hydrogen (secondary N) is 1. The number of piperidine rings is 1. The SMILES string of the molecule is Cc1ccc(NC(=O)C(OC(=O)C2CCN(c3ncccn3)CC2)c2ccccc2)cc1. The Kier molecular flexibility index (Phi) is 6.75. The van der Waals surface area contributed by atoms with Crippen LogP contribution in [0.1, 0.15) is 30.1 Å². The van der Waals surface area contributed by atoms with E-state index in [4.69, 9.17) is 4.74 Å². The Balaban J connectivity index is 1.42. The van der Waals surface area contributed by atoms with Crippen LogP contribution in [0.5, 0.6) is 0 Å². The van der Waals surface area contributed by atoms with Gasteiger partial charge >= 0.3 is 5.97 Å². The van der Waals surface area contributed by atoms with Crippen LogP contribution in [0.3, 0.4) is 0 Å². The summed E-state index contributed by atoms with van der Waals surface area (Å²) < 4.78 is 5.77. The van der Waals surface area contributed by atoms with Gasteiger partial charge in [0.2, 0.25) is 12.1 Å². The first-order valence-corrected chi connectivity index (χ1v) is 10.7.